The minimum absolute atomic E-state index is 0.0589. The highest BCUT2D eigenvalue weighted by Gasteiger charge is 2.52. The van der Waals surface area contributed by atoms with E-state index < -0.39 is 11.6 Å². The van der Waals surface area contributed by atoms with Crippen LogP contribution in [-0.2, 0) is 9.59 Å². The lowest BCUT2D eigenvalue weighted by molar-refractivity contribution is -0.137. The number of carboxylic acids is 1. The van der Waals surface area contributed by atoms with E-state index in [2.05, 4.69) is 38.0 Å². The second kappa shape index (κ2) is 13.1. The Hall–Kier alpha value is -4.04. The highest BCUT2D eigenvalue weighted by molar-refractivity contribution is 6.47. The monoisotopic (exact) mass is 628 g/mol. The number of nitrogens with zero attached hydrogens (tertiary/aromatic N) is 3. The number of carbonyl (C=O) groups excluding carboxylic acids is 2. The fourth-order valence-corrected chi connectivity index (χ4v) is 6.94. The number of hydrogen-bond donors (Lipinski definition) is 2. The molecule has 2 amide bonds. The zero-order valence-corrected chi connectivity index (χ0v) is 27.1. The zero-order chi connectivity index (χ0) is 32.4. The molecule has 1 fully saturated rings. The summed E-state index contributed by atoms with van der Waals surface area (Å²) in [5.41, 5.74) is 3.98. The van der Waals surface area contributed by atoms with Crippen molar-refractivity contribution in [2.75, 3.05) is 6.54 Å². The van der Waals surface area contributed by atoms with Crippen LogP contribution in [-0.4, -0.2) is 50.7 Å². The van der Waals surface area contributed by atoms with Crippen molar-refractivity contribution in [3.05, 3.63) is 88.7 Å². The smallest absolute Gasteiger partial charge is 0.305 e. The Morgan fingerprint density at radius 3 is 2.33 bits per heavy atom. The van der Waals surface area contributed by atoms with Gasteiger partial charge in [0.1, 0.15) is 16.5 Å². The molecule has 0 saturated heterocycles. The number of rotatable bonds is 9. The van der Waals surface area contributed by atoms with E-state index in [9.17, 15) is 14.4 Å². The van der Waals surface area contributed by atoms with Crippen molar-refractivity contribution in [2.24, 2.45) is 16.3 Å². The number of benzene rings is 2. The molecule has 1 aromatic heterocycles. The Bertz CT molecular complexity index is 1600. The van der Waals surface area contributed by atoms with E-state index in [4.69, 9.17) is 21.7 Å². The van der Waals surface area contributed by atoms with Gasteiger partial charge in [0.2, 0.25) is 0 Å². The van der Waals surface area contributed by atoms with Crippen LogP contribution in [0.5, 0.6) is 0 Å². The lowest BCUT2D eigenvalue weighted by Gasteiger charge is -2.47. The molecule has 9 heteroatoms. The molecule has 1 aliphatic carbocycles. The molecule has 0 bridgehead atoms. The average Bonchev–Trinajstić information content (AvgIpc) is 3.28. The van der Waals surface area contributed by atoms with E-state index in [1.54, 1.807) is 18.3 Å². The number of carboxylic acid groups (broad SMARTS) is 1. The first-order valence-electron chi connectivity index (χ1n) is 15.7. The average molecular weight is 629 g/mol. The molecule has 1 unspecified atom stereocenters. The summed E-state index contributed by atoms with van der Waals surface area (Å²) in [6.07, 6.45) is 5.73. The Morgan fingerprint density at radius 2 is 1.71 bits per heavy atom. The Balaban J connectivity index is 1.48. The van der Waals surface area contributed by atoms with Crippen molar-refractivity contribution in [3.63, 3.8) is 0 Å². The van der Waals surface area contributed by atoms with Crippen LogP contribution in [0.4, 0.5) is 0 Å². The zero-order valence-electron chi connectivity index (χ0n) is 26.3. The van der Waals surface area contributed by atoms with Crippen molar-refractivity contribution in [1.82, 2.24) is 15.2 Å². The third-order valence-electron chi connectivity index (χ3n) is 9.28. The fraction of sp³-hybridized carbons (Fsp3) is 0.417. The molecule has 1 atom stereocenters. The molecule has 0 radical (unpaired) electrons. The molecular formula is C36H41ClN4O4. The maximum Gasteiger partial charge on any atom is 0.305 e. The van der Waals surface area contributed by atoms with Gasteiger partial charge in [0.05, 0.1) is 12.5 Å². The second-order valence-corrected chi connectivity index (χ2v) is 13.5. The van der Waals surface area contributed by atoms with Gasteiger partial charge in [0.15, 0.2) is 0 Å². The molecule has 2 N–H and O–H groups in total. The van der Waals surface area contributed by atoms with E-state index in [-0.39, 0.29) is 36.2 Å². The first-order valence-corrected chi connectivity index (χ1v) is 16.1. The summed E-state index contributed by atoms with van der Waals surface area (Å²) in [6.45, 7) is 8.99. The van der Waals surface area contributed by atoms with Crippen molar-refractivity contribution >= 4 is 35.1 Å². The van der Waals surface area contributed by atoms with E-state index in [0.717, 1.165) is 47.9 Å². The third kappa shape index (κ3) is 6.96. The highest BCUT2D eigenvalue weighted by atomic mass is 35.5. The van der Waals surface area contributed by atoms with Crippen LogP contribution in [0.3, 0.4) is 0 Å². The molecule has 5 rings (SSSR count). The number of pyridine rings is 1. The molecular weight excluding hydrogens is 588 g/mol. The van der Waals surface area contributed by atoms with Gasteiger partial charge >= 0.3 is 5.97 Å². The number of halogens is 1. The van der Waals surface area contributed by atoms with Gasteiger partial charge in [-0.1, -0.05) is 69.6 Å². The van der Waals surface area contributed by atoms with Crippen LogP contribution in [0.1, 0.15) is 93.7 Å². The van der Waals surface area contributed by atoms with Crippen molar-refractivity contribution in [1.29, 1.82) is 0 Å². The fourth-order valence-electron chi connectivity index (χ4n) is 6.77. The van der Waals surface area contributed by atoms with Crippen LogP contribution in [0.2, 0.25) is 5.15 Å². The summed E-state index contributed by atoms with van der Waals surface area (Å²) < 4.78 is 0. The van der Waals surface area contributed by atoms with Gasteiger partial charge in [-0.3, -0.25) is 19.4 Å². The summed E-state index contributed by atoms with van der Waals surface area (Å²) in [6, 6.07) is 18.6. The maximum atomic E-state index is 14.5. The second-order valence-electron chi connectivity index (χ2n) is 13.2. The molecule has 3 aromatic rings. The molecule has 2 heterocycles. The largest absolute Gasteiger partial charge is 0.481 e. The number of nitrogens with one attached hydrogen (secondary N) is 1. The Morgan fingerprint density at radius 1 is 1.04 bits per heavy atom. The quantitative estimate of drug-likeness (QED) is 0.241. The predicted octanol–water partition coefficient (Wildman–Crippen LogP) is 7.32. The predicted molar refractivity (Wildman–Crippen MR) is 176 cm³/mol. The van der Waals surface area contributed by atoms with Gasteiger partial charge in [0, 0.05) is 23.9 Å². The molecule has 1 aliphatic heterocycles. The van der Waals surface area contributed by atoms with E-state index in [1.807, 2.05) is 53.4 Å². The van der Waals surface area contributed by atoms with Gasteiger partial charge in [-0.2, -0.15) is 0 Å². The maximum absolute atomic E-state index is 14.5. The lowest BCUT2D eigenvalue weighted by atomic mass is 9.69. The number of amides is 2. The number of aliphatic imine (C=N–C) groups is 1. The summed E-state index contributed by atoms with van der Waals surface area (Å²) in [7, 11) is 0. The molecule has 2 aromatic carbocycles. The van der Waals surface area contributed by atoms with Crippen molar-refractivity contribution in [3.8, 4) is 11.1 Å². The lowest BCUT2D eigenvalue weighted by Crippen LogP contribution is -2.51. The minimum Gasteiger partial charge on any atom is -0.481 e. The van der Waals surface area contributed by atoms with Crippen LogP contribution in [0, 0.1) is 11.3 Å². The van der Waals surface area contributed by atoms with Gasteiger partial charge < -0.3 is 15.3 Å². The summed E-state index contributed by atoms with van der Waals surface area (Å²) in [5.74, 6) is -0.840. The van der Waals surface area contributed by atoms with Crippen LogP contribution in [0.25, 0.3) is 11.1 Å². The van der Waals surface area contributed by atoms with E-state index in [1.165, 1.54) is 0 Å². The normalized spacial score (nSPS) is 20.6. The standard InChI is InChI=1S/C36H41ClN4O4/c1-5-29(23-9-11-24(12-10-23)33(44)39-20-16-31(42)43)41-34(45)32(40-36(41)17-13-28(14-18-36)35(2,3)4)27-8-6-7-25(21-27)26-15-19-38-30(37)22-26/h6-12,15,19,21-22,28-29H,5,13-14,16-18,20H2,1-4H3,(H,39,44)(H,42,43). The molecule has 1 spiro atoms. The Labute approximate surface area is 269 Å². The van der Waals surface area contributed by atoms with Crippen molar-refractivity contribution in [2.45, 2.75) is 77.9 Å². The third-order valence-corrected chi connectivity index (χ3v) is 9.48. The first kappa shape index (κ1) is 32.4. The molecule has 45 heavy (non-hydrogen) atoms. The summed E-state index contributed by atoms with van der Waals surface area (Å²) >= 11 is 6.18. The van der Waals surface area contributed by atoms with Gasteiger partial charge in [-0.05, 0) is 90.5 Å². The molecule has 8 nitrogen and oxygen atoms in total. The van der Waals surface area contributed by atoms with Crippen LogP contribution < -0.4 is 5.32 Å². The van der Waals surface area contributed by atoms with Crippen LogP contribution >= 0.6 is 11.6 Å². The number of carbonyl (C=O) groups is 3. The Kier molecular flexibility index (Phi) is 9.44. The van der Waals surface area contributed by atoms with Gasteiger partial charge in [-0.15, -0.1) is 0 Å². The number of aromatic nitrogens is 1. The van der Waals surface area contributed by atoms with E-state index >= 15 is 0 Å². The highest BCUT2D eigenvalue weighted by Crippen LogP contribution is 2.49. The van der Waals surface area contributed by atoms with Gasteiger partial charge in [0.25, 0.3) is 11.8 Å². The van der Waals surface area contributed by atoms with Gasteiger partial charge in [-0.25, -0.2) is 4.98 Å². The van der Waals surface area contributed by atoms with Crippen molar-refractivity contribution < 1.29 is 19.5 Å². The SMILES string of the molecule is CCC(c1ccc(C(=O)NCCC(=O)O)cc1)N1C(=O)C(c2cccc(-c3ccnc(Cl)c3)c2)=NC12CCC(C(C)(C)C)CC2. The van der Waals surface area contributed by atoms with E-state index in [0.29, 0.717) is 28.8 Å². The number of aliphatic carboxylic acids is 1. The van der Waals surface area contributed by atoms with Crippen LogP contribution in [0.15, 0.2) is 71.9 Å². The molecule has 236 valence electrons. The topological polar surface area (TPSA) is 112 Å². The summed E-state index contributed by atoms with van der Waals surface area (Å²) in [4.78, 5) is 49.4. The molecule has 1 saturated carbocycles. The number of hydrogen-bond acceptors (Lipinski definition) is 5. The molecule has 2 aliphatic rings. The first-order chi connectivity index (χ1) is 21.4. The minimum atomic E-state index is -0.966. The summed E-state index contributed by atoms with van der Waals surface area (Å²) in [5, 5.41) is 11.9.